The molecule has 2 heterocycles. The number of hydrogen-bond acceptors (Lipinski definition) is 3. The van der Waals surface area contributed by atoms with Crippen molar-refractivity contribution in [1.29, 1.82) is 0 Å². The van der Waals surface area contributed by atoms with Gasteiger partial charge in [0.05, 0.1) is 5.52 Å². The summed E-state index contributed by atoms with van der Waals surface area (Å²) < 4.78 is 2.95. The van der Waals surface area contributed by atoms with Crippen LogP contribution in [-0.2, 0) is 7.05 Å². The van der Waals surface area contributed by atoms with E-state index in [-0.39, 0.29) is 0 Å². The Bertz CT molecular complexity index is 938. The molecule has 2 aromatic carbocycles. The second-order valence-electron chi connectivity index (χ2n) is 5.11. The summed E-state index contributed by atoms with van der Waals surface area (Å²) in [6, 6.07) is 16.1. The molecule has 1 atom stereocenters. The fraction of sp³-hybridized carbons (Fsp3) is 0.118. The maximum Gasteiger partial charge on any atom is 0.125 e. The van der Waals surface area contributed by atoms with Gasteiger partial charge >= 0.3 is 0 Å². The molecule has 0 amide bonds. The third-order valence-electron chi connectivity index (χ3n) is 3.85. The van der Waals surface area contributed by atoms with Gasteiger partial charge in [-0.1, -0.05) is 36.4 Å². The van der Waals surface area contributed by atoms with E-state index in [1.54, 1.807) is 11.3 Å². The normalized spacial score (nSPS) is 13.0. The van der Waals surface area contributed by atoms with Gasteiger partial charge < -0.3 is 5.11 Å². The lowest BCUT2D eigenvalue weighted by atomic mass is 10.0. The number of aliphatic hydroxyl groups excluding tert-OH is 1. The van der Waals surface area contributed by atoms with Crippen LogP contribution in [0.4, 0.5) is 0 Å². The van der Waals surface area contributed by atoms with Gasteiger partial charge in [0.15, 0.2) is 0 Å². The molecule has 0 aliphatic carbocycles. The Morgan fingerprint density at radius 2 is 1.95 bits per heavy atom. The number of aryl methyl sites for hydroxylation is 1. The molecule has 104 valence electrons. The molecule has 0 radical (unpaired) electrons. The number of rotatable bonds is 2. The Balaban J connectivity index is 1.94. The average molecular weight is 294 g/mol. The van der Waals surface area contributed by atoms with Crippen LogP contribution < -0.4 is 0 Å². The van der Waals surface area contributed by atoms with E-state index in [1.807, 2.05) is 48.1 Å². The van der Waals surface area contributed by atoms with Crippen molar-refractivity contribution < 1.29 is 5.11 Å². The molecule has 0 aliphatic rings. The lowest BCUT2D eigenvalue weighted by Gasteiger charge is -2.10. The fourth-order valence-corrected chi connectivity index (χ4v) is 3.76. The molecule has 21 heavy (non-hydrogen) atoms. The summed E-state index contributed by atoms with van der Waals surface area (Å²) in [6.07, 6.45) is -0.710. The summed E-state index contributed by atoms with van der Waals surface area (Å²) in [5, 5.41) is 19.6. The van der Waals surface area contributed by atoms with Crippen LogP contribution in [0, 0.1) is 0 Å². The predicted octanol–water partition coefficient (Wildman–Crippen LogP) is 3.87. The van der Waals surface area contributed by atoms with Gasteiger partial charge in [-0.15, -0.1) is 11.3 Å². The van der Waals surface area contributed by atoms with Gasteiger partial charge in [-0.3, -0.25) is 4.68 Å². The van der Waals surface area contributed by atoms with Gasteiger partial charge in [0.1, 0.15) is 11.8 Å². The number of fused-ring (bicyclic) bond motifs is 2. The highest BCUT2D eigenvalue weighted by atomic mass is 32.1. The van der Waals surface area contributed by atoms with Crippen LogP contribution in [0.25, 0.3) is 21.0 Å². The molecule has 4 aromatic rings. The molecule has 0 saturated heterocycles. The Hall–Kier alpha value is -2.17. The average Bonchev–Trinajstić information content (AvgIpc) is 3.11. The molecular formula is C17H14N2OS. The van der Waals surface area contributed by atoms with E-state index >= 15 is 0 Å². The van der Waals surface area contributed by atoms with E-state index in [2.05, 4.69) is 22.6 Å². The molecule has 0 aliphatic heterocycles. The number of para-hydroxylation sites is 1. The zero-order chi connectivity index (χ0) is 14.4. The third-order valence-corrected chi connectivity index (χ3v) is 4.83. The monoisotopic (exact) mass is 294 g/mol. The minimum atomic E-state index is -0.710. The summed E-state index contributed by atoms with van der Waals surface area (Å²) in [7, 11) is 1.91. The van der Waals surface area contributed by atoms with Gasteiger partial charge in [0.2, 0.25) is 0 Å². The van der Waals surface area contributed by atoms with E-state index in [0.717, 1.165) is 26.6 Å². The fourth-order valence-electron chi connectivity index (χ4n) is 2.82. The van der Waals surface area contributed by atoms with Crippen LogP contribution in [0.15, 0.2) is 53.9 Å². The first-order valence-corrected chi connectivity index (χ1v) is 7.69. The molecule has 0 saturated carbocycles. The van der Waals surface area contributed by atoms with E-state index < -0.39 is 6.10 Å². The number of benzene rings is 2. The maximum absolute atomic E-state index is 10.9. The molecule has 0 fully saturated rings. The Morgan fingerprint density at radius 1 is 1.10 bits per heavy atom. The first kappa shape index (κ1) is 12.6. The summed E-state index contributed by atoms with van der Waals surface area (Å²) in [5.41, 5.74) is 2.67. The van der Waals surface area contributed by atoms with Crippen LogP contribution in [0.2, 0.25) is 0 Å². The van der Waals surface area contributed by atoms with Gasteiger partial charge in [-0.05, 0) is 22.9 Å². The van der Waals surface area contributed by atoms with Crippen LogP contribution in [0.3, 0.4) is 0 Å². The number of thiophene rings is 1. The molecule has 3 nitrogen and oxygen atoms in total. The van der Waals surface area contributed by atoms with E-state index in [4.69, 9.17) is 0 Å². The van der Waals surface area contributed by atoms with Gasteiger partial charge in [-0.2, -0.15) is 5.10 Å². The largest absolute Gasteiger partial charge is 0.382 e. The van der Waals surface area contributed by atoms with Gasteiger partial charge in [0, 0.05) is 22.7 Å². The van der Waals surface area contributed by atoms with Crippen LogP contribution in [-0.4, -0.2) is 14.9 Å². The van der Waals surface area contributed by atoms with Gasteiger partial charge in [0.25, 0.3) is 0 Å². The number of aliphatic hydroxyl groups is 1. The molecular weight excluding hydrogens is 280 g/mol. The molecule has 2 aromatic heterocycles. The van der Waals surface area contributed by atoms with E-state index in [1.165, 1.54) is 0 Å². The SMILES string of the molecule is Cn1nc(C(O)c2cccc3ccsc23)c2ccccc21. The molecule has 0 bridgehead atoms. The topological polar surface area (TPSA) is 38.0 Å². The second kappa shape index (κ2) is 4.69. The summed E-state index contributed by atoms with van der Waals surface area (Å²) >= 11 is 1.65. The molecule has 4 rings (SSSR count). The van der Waals surface area contributed by atoms with Crippen molar-refractivity contribution in [2.24, 2.45) is 7.05 Å². The Labute approximate surface area is 126 Å². The van der Waals surface area contributed by atoms with Crippen molar-refractivity contribution in [1.82, 2.24) is 9.78 Å². The zero-order valence-corrected chi connectivity index (χ0v) is 12.3. The molecule has 0 spiro atoms. The highest BCUT2D eigenvalue weighted by Crippen LogP contribution is 2.34. The molecule has 4 heteroatoms. The van der Waals surface area contributed by atoms with Crippen LogP contribution in [0.5, 0.6) is 0 Å². The summed E-state index contributed by atoms with van der Waals surface area (Å²) in [5.74, 6) is 0. The third kappa shape index (κ3) is 1.87. The molecule has 1 N–H and O–H groups in total. The number of nitrogens with zero attached hydrogens (tertiary/aromatic N) is 2. The lowest BCUT2D eigenvalue weighted by Crippen LogP contribution is -2.02. The Kier molecular flexibility index (Phi) is 2.80. The van der Waals surface area contributed by atoms with E-state index in [0.29, 0.717) is 5.69 Å². The molecule has 1 unspecified atom stereocenters. The minimum Gasteiger partial charge on any atom is -0.382 e. The summed E-state index contributed by atoms with van der Waals surface area (Å²) in [6.45, 7) is 0. The second-order valence-corrected chi connectivity index (χ2v) is 6.03. The standard InChI is InChI=1S/C17H14N2OS/c1-19-14-8-3-2-6-12(14)15(18-19)16(20)13-7-4-5-11-9-10-21-17(11)13/h2-10,16,20H,1H3. The predicted molar refractivity (Wildman–Crippen MR) is 86.6 cm³/mol. The minimum absolute atomic E-state index is 0.710. The van der Waals surface area contributed by atoms with Gasteiger partial charge in [-0.25, -0.2) is 0 Å². The van der Waals surface area contributed by atoms with Crippen molar-refractivity contribution in [3.8, 4) is 0 Å². The van der Waals surface area contributed by atoms with Crippen molar-refractivity contribution in [2.45, 2.75) is 6.10 Å². The highest BCUT2D eigenvalue weighted by Gasteiger charge is 2.20. The number of hydrogen-bond donors (Lipinski definition) is 1. The quantitative estimate of drug-likeness (QED) is 0.609. The smallest absolute Gasteiger partial charge is 0.125 e. The van der Waals surface area contributed by atoms with Crippen molar-refractivity contribution >= 4 is 32.3 Å². The zero-order valence-electron chi connectivity index (χ0n) is 11.5. The van der Waals surface area contributed by atoms with Crippen LogP contribution in [0.1, 0.15) is 17.4 Å². The Morgan fingerprint density at radius 3 is 2.86 bits per heavy atom. The van der Waals surface area contributed by atoms with Crippen LogP contribution >= 0.6 is 11.3 Å². The van der Waals surface area contributed by atoms with Crippen molar-refractivity contribution in [2.75, 3.05) is 0 Å². The lowest BCUT2D eigenvalue weighted by molar-refractivity contribution is 0.217. The highest BCUT2D eigenvalue weighted by molar-refractivity contribution is 7.17. The maximum atomic E-state index is 10.9. The van der Waals surface area contributed by atoms with Crippen molar-refractivity contribution in [3.63, 3.8) is 0 Å². The number of aromatic nitrogens is 2. The van der Waals surface area contributed by atoms with Crippen molar-refractivity contribution in [3.05, 3.63) is 65.2 Å². The first-order valence-electron chi connectivity index (χ1n) is 6.81. The summed E-state index contributed by atoms with van der Waals surface area (Å²) in [4.78, 5) is 0. The van der Waals surface area contributed by atoms with E-state index in [9.17, 15) is 5.11 Å². The first-order chi connectivity index (χ1) is 10.3.